The summed E-state index contributed by atoms with van der Waals surface area (Å²) in [6.07, 6.45) is 10.1. The SMILES string of the molecule is CCCCCC(O)O.CCCCCC(O)O.CCCCOCCCC. The van der Waals surface area contributed by atoms with Crippen LogP contribution in [0.1, 0.15) is 105 Å². The van der Waals surface area contributed by atoms with Crippen molar-refractivity contribution < 1.29 is 25.2 Å². The van der Waals surface area contributed by atoms with E-state index < -0.39 is 12.6 Å². The molecule has 0 bridgehead atoms. The molecule has 0 rings (SSSR count). The predicted molar refractivity (Wildman–Crippen MR) is 105 cm³/mol. The molecule has 5 nitrogen and oxygen atoms in total. The molecule has 4 N–H and O–H groups in total. The zero-order chi connectivity index (χ0) is 19.8. The molecule has 0 aromatic rings. The highest BCUT2D eigenvalue weighted by Gasteiger charge is 1.94. The summed E-state index contributed by atoms with van der Waals surface area (Å²) in [6, 6.07) is 0. The molecule has 0 saturated carbocycles. The van der Waals surface area contributed by atoms with Crippen LogP contribution in [0.5, 0.6) is 0 Å². The van der Waals surface area contributed by atoms with Crippen LogP contribution in [0.2, 0.25) is 0 Å². The monoisotopic (exact) mass is 366 g/mol. The van der Waals surface area contributed by atoms with E-state index in [0.29, 0.717) is 12.8 Å². The molecule has 0 saturated heterocycles. The van der Waals surface area contributed by atoms with Crippen LogP contribution >= 0.6 is 0 Å². The number of aliphatic hydroxyl groups excluding tert-OH is 2. The molecule has 0 heterocycles. The van der Waals surface area contributed by atoms with E-state index in [9.17, 15) is 0 Å². The number of rotatable bonds is 14. The zero-order valence-corrected chi connectivity index (χ0v) is 17.3. The third kappa shape index (κ3) is 45.3. The molecule has 25 heavy (non-hydrogen) atoms. The fourth-order valence-corrected chi connectivity index (χ4v) is 1.75. The summed E-state index contributed by atoms with van der Waals surface area (Å²) in [5.41, 5.74) is 0. The standard InChI is InChI=1S/C8H18O.2C6H14O2/c1-3-5-7-9-8-6-4-2;2*1-2-3-4-5-6(7)8/h3-8H2,1-2H3;2*6-8H,2-5H2,1H3. The zero-order valence-electron chi connectivity index (χ0n) is 17.3. The molecular weight excluding hydrogens is 320 g/mol. The number of hydrogen-bond acceptors (Lipinski definition) is 5. The normalized spacial score (nSPS) is 10.3. The van der Waals surface area contributed by atoms with Gasteiger partial charge in [0, 0.05) is 13.2 Å². The smallest absolute Gasteiger partial charge is 0.151 e. The molecule has 0 spiro atoms. The van der Waals surface area contributed by atoms with Gasteiger partial charge in [0.05, 0.1) is 0 Å². The van der Waals surface area contributed by atoms with E-state index >= 15 is 0 Å². The molecule has 156 valence electrons. The van der Waals surface area contributed by atoms with E-state index in [2.05, 4.69) is 27.7 Å². The molecule has 0 aliphatic carbocycles. The summed E-state index contributed by atoms with van der Waals surface area (Å²) in [7, 11) is 0. The number of aliphatic hydroxyl groups is 4. The maximum absolute atomic E-state index is 8.33. The van der Waals surface area contributed by atoms with Crippen molar-refractivity contribution in [3.05, 3.63) is 0 Å². The summed E-state index contributed by atoms with van der Waals surface area (Å²) in [4.78, 5) is 0. The lowest BCUT2D eigenvalue weighted by molar-refractivity contribution is -0.0472. The summed E-state index contributed by atoms with van der Waals surface area (Å²) in [5, 5.41) is 33.3. The van der Waals surface area contributed by atoms with Gasteiger partial charge in [-0.15, -0.1) is 0 Å². The van der Waals surface area contributed by atoms with Gasteiger partial charge < -0.3 is 25.2 Å². The predicted octanol–water partition coefficient (Wildman–Crippen LogP) is 4.36. The molecule has 0 radical (unpaired) electrons. The van der Waals surface area contributed by atoms with Crippen LogP contribution in [-0.4, -0.2) is 46.2 Å². The van der Waals surface area contributed by atoms with Crippen molar-refractivity contribution >= 4 is 0 Å². The summed E-state index contributed by atoms with van der Waals surface area (Å²) >= 11 is 0. The van der Waals surface area contributed by atoms with Crippen LogP contribution in [-0.2, 0) is 4.74 Å². The maximum atomic E-state index is 8.33. The fourth-order valence-electron chi connectivity index (χ4n) is 1.75. The van der Waals surface area contributed by atoms with Crippen LogP contribution in [0, 0.1) is 0 Å². The molecular formula is C20H46O5. The highest BCUT2D eigenvalue weighted by Crippen LogP contribution is 2.00. The van der Waals surface area contributed by atoms with E-state index in [0.717, 1.165) is 51.7 Å². The van der Waals surface area contributed by atoms with Crippen molar-refractivity contribution in [2.75, 3.05) is 13.2 Å². The summed E-state index contributed by atoms with van der Waals surface area (Å²) in [5.74, 6) is 0. The van der Waals surface area contributed by atoms with E-state index in [1.807, 2.05) is 0 Å². The quantitative estimate of drug-likeness (QED) is 0.271. The number of ether oxygens (including phenoxy) is 1. The van der Waals surface area contributed by atoms with Crippen LogP contribution in [0.25, 0.3) is 0 Å². The first-order valence-electron chi connectivity index (χ1n) is 10.3. The second-order valence-electron chi connectivity index (χ2n) is 6.27. The van der Waals surface area contributed by atoms with Gasteiger partial charge in [0.2, 0.25) is 0 Å². The van der Waals surface area contributed by atoms with E-state index in [1.54, 1.807) is 0 Å². The Hall–Kier alpha value is -0.200. The van der Waals surface area contributed by atoms with Gasteiger partial charge in [0.25, 0.3) is 0 Å². The Morgan fingerprint density at radius 3 is 1.08 bits per heavy atom. The third-order valence-electron chi connectivity index (χ3n) is 3.42. The minimum Gasteiger partial charge on any atom is -0.381 e. The highest BCUT2D eigenvalue weighted by molar-refractivity contribution is 4.40. The van der Waals surface area contributed by atoms with Crippen molar-refractivity contribution in [2.24, 2.45) is 0 Å². The van der Waals surface area contributed by atoms with E-state index in [1.165, 1.54) is 25.7 Å². The molecule has 0 atom stereocenters. The van der Waals surface area contributed by atoms with Crippen molar-refractivity contribution in [3.63, 3.8) is 0 Å². The van der Waals surface area contributed by atoms with E-state index in [4.69, 9.17) is 25.2 Å². The molecule has 0 amide bonds. The average molecular weight is 367 g/mol. The Bertz CT molecular complexity index is 179. The lowest BCUT2D eigenvalue weighted by atomic mass is 10.2. The van der Waals surface area contributed by atoms with Crippen LogP contribution in [0.15, 0.2) is 0 Å². The molecule has 0 fully saturated rings. The fraction of sp³-hybridized carbons (Fsp3) is 1.00. The maximum Gasteiger partial charge on any atom is 0.151 e. The van der Waals surface area contributed by atoms with E-state index in [-0.39, 0.29) is 0 Å². The second-order valence-corrected chi connectivity index (χ2v) is 6.27. The lowest BCUT2D eigenvalue weighted by Gasteiger charge is -1.99. The van der Waals surface area contributed by atoms with Gasteiger partial charge in [-0.3, -0.25) is 0 Å². The largest absolute Gasteiger partial charge is 0.381 e. The summed E-state index contributed by atoms with van der Waals surface area (Å²) < 4.78 is 5.31. The Labute approximate surface area is 156 Å². The molecule has 0 aromatic carbocycles. The highest BCUT2D eigenvalue weighted by atomic mass is 16.5. The Kier molecular flexibility index (Phi) is 33.8. The van der Waals surface area contributed by atoms with Crippen LogP contribution in [0.3, 0.4) is 0 Å². The average Bonchev–Trinajstić information content (AvgIpc) is 2.56. The molecule has 0 aliphatic heterocycles. The van der Waals surface area contributed by atoms with Gasteiger partial charge in [-0.25, -0.2) is 0 Å². The first kappa shape index (κ1) is 29.6. The topological polar surface area (TPSA) is 90.2 Å². The van der Waals surface area contributed by atoms with Crippen LogP contribution in [0.4, 0.5) is 0 Å². The molecule has 5 heteroatoms. The molecule has 0 aromatic heterocycles. The Morgan fingerprint density at radius 2 is 0.840 bits per heavy atom. The lowest BCUT2D eigenvalue weighted by Crippen LogP contribution is -2.02. The van der Waals surface area contributed by atoms with Gasteiger partial charge in [0.1, 0.15) is 0 Å². The van der Waals surface area contributed by atoms with Gasteiger partial charge >= 0.3 is 0 Å². The van der Waals surface area contributed by atoms with Crippen molar-refractivity contribution in [3.8, 4) is 0 Å². The minimum atomic E-state index is -1.10. The minimum absolute atomic E-state index is 0.522. The second kappa shape index (κ2) is 28.6. The molecule has 0 aliphatic rings. The Balaban J connectivity index is -0.000000291. The van der Waals surface area contributed by atoms with Gasteiger partial charge in [-0.05, 0) is 38.5 Å². The van der Waals surface area contributed by atoms with Crippen molar-refractivity contribution in [1.82, 2.24) is 0 Å². The van der Waals surface area contributed by atoms with Gasteiger partial charge in [-0.1, -0.05) is 66.2 Å². The van der Waals surface area contributed by atoms with Crippen molar-refractivity contribution in [1.29, 1.82) is 0 Å². The first-order chi connectivity index (χ1) is 12.0. The van der Waals surface area contributed by atoms with Gasteiger partial charge in [0.15, 0.2) is 12.6 Å². The third-order valence-corrected chi connectivity index (χ3v) is 3.42. The van der Waals surface area contributed by atoms with Crippen LogP contribution < -0.4 is 0 Å². The number of unbranched alkanes of at least 4 members (excludes halogenated alkanes) is 6. The number of hydrogen-bond donors (Lipinski definition) is 4. The summed E-state index contributed by atoms with van der Waals surface area (Å²) in [6.45, 7) is 10.5. The van der Waals surface area contributed by atoms with Gasteiger partial charge in [-0.2, -0.15) is 0 Å². The Morgan fingerprint density at radius 1 is 0.520 bits per heavy atom. The molecule has 0 unspecified atom stereocenters. The first-order valence-corrected chi connectivity index (χ1v) is 10.3. The van der Waals surface area contributed by atoms with Crippen molar-refractivity contribution in [2.45, 2.75) is 117 Å².